The Hall–Kier alpha value is -4.31. The Kier molecular flexibility index (Phi) is 5.42. The molecule has 0 saturated heterocycles. The van der Waals surface area contributed by atoms with Crippen molar-refractivity contribution in [2.75, 3.05) is 19.5 Å². The maximum atomic E-state index is 12.9. The Morgan fingerprint density at radius 3 is 2.50 bits per heavy atom. The van der Waals surface area contributed by atoms with Crippen molar-refractivity contribution in [3.8, 4) is 22.8 Å². The van der Waals surface area contributed by atoms with E-state index in [1.807, 2.05) is 18.2 Å². The molecule has 0 aliphatic rings. The van der Waals surface area contributed by atoms with E-state index in [9.17, 15) is 9.59 Å². The predicted octanol–water partition coefficient (Wildman–Crippen LogP) is 3.12. The average molecular weight is 479 g/mol. The molecule has 0 saturated carbocycles. The number of aromatic nitrogens is 5. The molecule has 3 aromatic heterocycles. The lowest BCUT2D eigenvalue weighted by molar-refractivity contribution is -0.117. The van der Waals surface area contributed by atoms with Crippen molar-refractivity contribution in [1.29, 1.82) is 0 Å². The summed E-state index contributed by atoms with van der Waals surface area (Å²) in [6, 6.07) is 14.1. The van der Waals surface area contributed by atoms with Crippen LogP contribution in [0.1, 0.15) is 0 Å². The summed E-state index contributed by atoms with van der Waals surface area (Å²) < 4.78 is 14.6. The summed E-state index contributed by atoms with van der Waals surface area (Å²) in [5.41, 5.74) is 2.67. The number of nitrogens with zero attached hydrogens (tertiary/aromatic N) is 5. The van der Waals surface area contributed by atoms with Crippen LogP contribution in [0.3, 0.4) is 0 Å². The van der Waals surface area contributed by atoms with Crippen LogP contribution in [0.5, 0.6) is 11.5 Å². The Morgan fingerprint density at radius 1 is 1.00 bits per heavy atom. The van der Waals surface area contributed by atoms with Crippen LogP contribution in [0.15, 0.2) is 65.7 Å². The van der Waals surface area contributed by atoms with Gasteiger partial charge in [-0.05, 0) is 30.3 Å². The zero-order valence-corrected chi connectivity index (χ0v) is 19.0. The minimum Gasteiger partial charge on any atom is -0.493 e. The van der Waals surface area contributed by atoms with E-state index in [0.29, 0.717) is 39.1 Å². The topological polar surface area (TPSA) is 104 Å². The lowest BCUT2D eigenvalue weighted by atomic mass is 10.1. The maximum Gasteiger partial charge on any atom is 0.350 e. The minimum absolute atomic E-state index is 0.265. The van der Waals surface area contributed by atoms with Crippen LogP contribution in [0.4, 0.5) is 5.69 Å². The quantitative estimate of drug-likeness (QED) is 0.402. The van der Waals surface area contributed by atoms with Crippen molar-refractivity contribution in [3.63, 3.8) is 0 Å². The van der Waals surface area contributed by atoms with Gasteiger partial charge in [0.15, 0.2) is 17.1 Å². The third-order valence-electron chi connectivity index (χ3n) is 5.29. The van der Waals surface area contributed by atoms with Gasteiger partial charge >= 0.3 is 5.69 Å². The van der Waals surface area contributed by atoms with Crippen molar-refractivity contribution in [2.45, 2.75) is 6.54 Å². The Bertz CT molecular complexity index is 1590. The van der Waals surface area contributed by atoms with Crippen molar-refractivity contribution in [1.82, 2.24) is 23.8 Å². The molecule has 34 heavy (non-hydrogen) atoms. The van der Waals surface area contributed by atoms with Crippen molar-refractivity contribution >= 4 is 34.4 Å². The highest BCUT2D eigenvalue weighted by atomic mass is 35.5. The monoisotopic (exact) mass is 478 g/mol. The molecule has 0 unspecified atom stereocenters. The fraction of sp³-hybridized carbons (Fsp3) is 0.130. The van der Waals surface area contributed by atoms with E-state index in [1.165, 1.54) is 18.6 Å². The summed E-state index contributed by atoms with van der Waals surface area (Å²) in [6.45, 7) is -0.265. The van der Waals surface area contributed by atoms with Crippen molar-refractivity contribution in [3.05, 3.63) is 76.4 Å². The SMILES string of the molecule is COc1ccc(NC(=O)Cn2nc3c4cc(-c5ccc(Cl)cc5)nn4ccn3c2=O)cc1OC. The lowest BCUT2D eigenvalue weighted by Crippen LogP contribution is -2.28. The molecule has 3 heterocycles. The molecule has 11 heteroatoms. The maximum absolute atomic E-state index is 12.9. The summed E-state index contributed by atoms with van der Waals surface area (Å²) in [4.78, 5) is 25.5. The van der Waals surface area contributed by atoms with Gasteiger partial charge < -0.3 is 14.8 Å². The first-order valence-corrected chi connectivity index (χ1v) is 10.6. The molecule has 0 aliphatic carbocycles. The zero-order valence-electron chi connectivity index (χ0n) is 18.2. The molecule has 0 spiro atoms. The van der Waals surface area contributed by atoms with E-state index in [-0.39, 0.29) is 6.54 Å². The molecule has 1 N–H and O–H groups in total. The fourth-order valence-corrected chi connectivity index (χ4v) is 3.78. The number of halogens is 1. The highest BCUT2D eigenvalue weighted by molar-refractivity contribution is 6.30. The van der Waals surface area contributed by atoms with Gasteiger partial charge in [-0.3, -0.25) is 4.79 Å². The highest BCUT2D eigenvalue weighted by Crippen LogP contribution is 2.29. The molecule has 0 fully saturated rings. The standard InChI is InChI=1S/C23H19ClN6O4/c1-33-19-8-7-16(11-20(19)34-2)25-21(31)13-30-23(32)28-9-10-29-18(22(28)27-30)12-17(26-29)14-3-5-15(24)6-4-14/h3-12H,13H2,1-2H3,(H,25,31). The summed E-state index contributed by atoms with van der Waals surface area (Å²) in [5.74, 6) is 0.605. The Morgan fingerprint density at radius 2 is 1.76 bits per heavy atom. The third-order valence-corrected chi connectivity index (χ3v) is 5.54. The zero-order chi connectivity index (χ0) is 23.8. The number of ether oxygens (including phenoxy) is 2. The first-order chi connectivity index (χ1) is 16.5. The molecular weight excluding hydrogens is 460 g/mol. The highest BCUT2D eigenvalue weighted by Gasteiger charge is 2.16. The number of carbonyl (C=O) groups is 1. The molecule has 2 aromatic carbocycles. The molecule has 172 valence electrons. The minimum atomic E-state index is -0.436. The molecular formula is C23H19ClN6O4. The van der Waals surface area contributed by atoms with Gasteiger partial charge in [-0.2, -0.15) is 5.10 Å². The number of nitrogens with one attached hydrogen (secondary N) is 1. The van der Waals surface area contributed by atoms with E-state index in [1.54, 1.807) is 47.2 Å². The fourth-order valence-electron chi connectivity index (χ4n) is 3.65. The van der Waals surface area contributed by atoms with E-state index >= 15 is 0 Å². The second kappa shape index (κ2) is 8.56. The Labute approximate surface area is 197 Å². The molecule has 10 nitrogen and oxygen atoms in total. The third kappa shape index (κ3) is 3.84. The summed E-state index contributed by atoms with van der Waals surface area (Å²) in [6.07, 6.45) is 3.23. The molecule has 0 aliphatic heterocycles. The van der Waals surface area contributed by atoms with E-state index < -0.39 is 11.6 Å². The molecule has 0 atom stereocenters. The first kappa shape index (κ1) is 21.5. The summed E-state index contributed by atoms with van der Waals surface area (Å²) >= 11 is 5.98. The number of carbonyl (C=O) groups excluding carboxylic acids is 1. The van der Waals surface area contributed by atoms with Crippen LogP contribution >= 0.6 is 11.6 Å². The van der Waals surface area contributed by atoms with Gasteiger partial charge in [0.1, 0.15) is 12.1 Å². The number of fused-ring (bicyclic) bond motifs is 3. The number of hydrogen-bond acceptors (Lipinski definition) is 6. The number of methoxy groups -OCH3 is 2. The second-order valence-corrected chi connectivity index (χ2v) is 7.85. The van der Waals surface area contributed by atoms with Gasteiger partial charge in [0.2, 0.25) is 5.91 Å². The van der Waals surface area contributed by atoms with Gasteiger partial charge in [-0.15, -0.1) is 5.10 Å². The first-order valence-electron chi connectivity index (χ1n) is 10.2. The van der Waals surface area contributed by atoms with Crippen LogP contribution in [-0.4, -0.2) is 43.9 Å². The number of amides is 1. The predicted molar refractivity (Wildman–Crippen MR) is 127 cm³/mol. The second-order valence-electron chi connectivity index (χ2n) is 7.42. The number of anilines is 1. The largest absolute Gasteiger partial charge is 0.493 e. The van der Waals surface area contributed by atoms with Crippen LogP contribution < -0.4 is 20.5 Å². The van der Waals surface area contributed by atoms with Crippen LogP contribution in [0.2, 0.25) is 5.02 Å². The van der Waals surface area contributed by atoms with Gasteiger partial charge in [0.05, 0.1) is 19.9 Å². The lowest BCUT2D eigenvalue weighted by Gasteiger charge is -2.10. The van der Waals surface area contributed by atoms with Gasteiger partial charge in [-0.1, -0.05) is 23.7 Å². The van der Waals surface area contributed by atoms with Gasteiger partial charge in [0.25, 0.3) is 0 Å². The summed E-state index contributed by atoms with van der Waals surface area (Å²) in [5, 5.41) is 12.3. The summed E-state index contributed by atoms with van der Waals surface area (Å²) in [7, 11) is 3.04. The average Bonchev–Trinajstić information content (AvgIpc) is 3.41. The van der Waals surface area contributed by atoms with Crippen molar-refractivity contribution < 1.29 is 14.3 Å². The van der Waals surface area contributed by atoms with Gasteiger partial charge in [0, 0.05) is 34.7 Å². The van der Waals surface area contributed by atoms with Crippen LogP contribution in [0.25, 0.3) is 22.4 Å². The normalized spacial score (nSPS) is 11.1. The van der Waals surface area contributed by atoms with Crippen LogP contribution in [0, 0.1) is 0 Å². The number of rotatable bonds is 6. The molecule has 1 amide bonds. The number of benzene rings is 2. The molecule has 0 bridgehead atoms. The molecule has 0 radical (unpaired) electrons. The van der Waals surface area contributed by atoms with E-state index in [4.69, 9.17) is 21.1 Å². The van der Waals surface area contributed by atoms with Crippen molar-refractivity contribution in [2.24, 2.45) is 0 Å². The van der Waals surface area contributed by atoms with E-state index in [0.717, 1.165) is 10.2 Å². The number of hydrogen-bond donors (Lipinski definition) is 1. The van der Waals surface area contributed by atoms with Gasteiger partial charge in [-0.25, -0.2) is 18.4 Å². The molecule has 5 rings (SSSR count). The Balaban J connectivity index is 1.44. The molecule has 5 aromatic rings. The smallest absolute Gasteiger partial charge is 0.350 e. The van der Waals surface area contributed by atoms with E-state index in [2.05, 4.69) is 15.5 Å². The van der Waals surface area contributed by atoms with Crippen LogP contribution in [-0.2, 0) is 11.3 Å².